The van der Waals surface area contributed by atoms with Gasteiger partial charge in [-0.2, -0.15) is 0 Å². The number of carbonyl (C=O) groups is 4. The van der Waals surface area contributed by atoms with E-state index < -0.39 is 48.4 Å². The predicted molar refractivity (Wildman–Crippen MR) is 175 cm³/mol. The Kier molecular flexibility index (Phi) is 12.0. The Morgan fingerprint density at radius 1 is 1.02 bits per heavy atom. The van der Waals surface area contributed by atoms with Crippen LogP contribution in [0.4, 0.5) is 0 Å². The van der Waals surface area contributed by atoms with Gasteiger partial charge in [0.1, 0.15) is 23.9 Å². The molecule has 5 atom stereocenters. The van der Waals surface area contributed by atoms with E-state index in [1.165, 1.54) is 25.3 Å². The second kappa shape index (κ2) is 15.7. The standard InChI is InChI=1S/C31H32Br2N4O11/c1-14-9-19(12-43-23-11-37(16(3)38)21-10-20(32)27(25(33)24(21)23)44-13-35-36-34)7-8-22(14)47-31-15(2)26(45-17(4)39)28(46-18(5)40)29(48-31)30(41)42-6/h7-11,15,26,28-29,31H,12-13H2,1-6H3/t15-,26-,28+,29+,31-/m1/s1. The number of nitrogens with zero attached hydrogens (tertiary/aromatic N) is 4. The summed E-state index contributed by atoms with van der Waals surface area (Å²) in [5, 5.41) is 3.98. The molecule has 2 heterocycles. The van der Waals surface area contributed by atoms with E-state index in [0.29, 0.717) is 42.7 Å². The Labute approximate surface area is 291 Å². The van der Waals surface area contributed by atoms with E-state index in [0.717, 1.165) is 12.7 Å². The molecule has 0 amide bonds. The van der Waals surface area contributed by atoms with E-state index in [1.54, 1.807) is 38.2 Å². The first kappa shape index (κ1) is 36.5. The molecule has 0 N–H and O–H groups in total. The number of benzene rings is 2. The van der Waals surface area contributed by atoms with Crippen LogP contribution < -0.4 is 14.2 Å². The molecule has 0 aliphatic carbocycles. The Bertz CT molecular complexity index is 1790. The molecule has 48 heavy (non-hydrogen) atoms. The van der Waals surface area contributed by atoms with Crippen molar-refractivity contribution in [3.8, 4) is 17.2 Å². The number of methoxy groups -OCH3 is 1. The van der Waals surface area contributed by atoms with Gasteiger partial charge in [-0.05, 0) is 73.6 Å². The topological polar surface area (TPSA) is 187 Å². The van der Waals surface area contributed by atoms with E-state index in [2.05, 4.69) is 41.9 Å². The SMILES string of the molecule is COC(=O)[C@H]1O[C@@H](Oc2ccc(COc3cn(C(C)=O)c4cc(Br)c(OCN=[N+]=[N-])c(Br)c34)cc2C)[C@H](C)[C@@H](OC(C)=O)[C@@H]1OC(C)=O. The van der Waals surface area contributed by atoms with Crippen molar-refractivity contribution < 1.29 is 52.3 Å². The highest BCUT2D eigenvalue weighted by molar-refractivity contribution is 9.11. The number of esters is 3. The molecule has 1 fully saturated rings. The Hall–Kier alpha value is -4.31. The maximum absolute atomic E-state index is 12.6. The van der Waals surface area contributed by atoms with Gasteiger partial charge in [0.25, 0.3) is 0 Å². The highest BCUT2D eigenvalue weighted by Gasteiger charge is 2.52. The summed E-state index contributed by atoms with van der Waals surface area (Å²) >= 11 is 6.99. The summed E-state index contributed by atoms with van der Waals surface area (Å²) in [6.45, 7) is 7.14. The first-order valence-electron chi connectivity index (χ1n) is 14.4. The molecule has 3 aromatic rings. The summed E-state index contributed by atoms with van der Waals surface area (Å²) in [5.41, 5.74) is 10.6. The molecule has 1 aliphatic heterocycles. The largest absolute Gasteiger partial charge is 0.487 e. The minimum Gasteiger partial charge on any atom is -0.487 e. The number of fused-ring (bicyclic) bond motifs is 1. The van der Waals surface area contributed by atoms with Gasteiger partial charge in [0.05, 0.1) is 39.1 Å². The number of hydrogen-bond donors (Lipinski definition) is 0. The highest BCUT2D eigenvalue weighted by Crippen LogP contribution is 2.45. The van der Waals surface area contributed by atoms with Crippen LogP contribution in [0.1, 0.15) is 43.6 Å². The van der Waals surface area contributed by atoms with Crippen molar-refractivity contribution in [2.75, 3.05) is 13.8 Å². The first-order valence-corrected chi connectivity index (χ1v) is 16.0. The lowest BCUT2D eigenvalue weighted by Crippen LogP contribution is -2.60. The Balaban J connectivity index is 1.58. The number of carbonyl (C=O) groups excluding carboxylic acids is 4. The lowest BCUT2D eigenvalue weighted by Gasteiger charge is -2.42. The molecule has 1 saturated heterocycles. The van der Waals surface area contributed by atoms with Crippen molar-refractivity contribution in [3.63, 3.8) is 0 Å². The Morgan fingerprint density at radius 2 is 1.71 bits per heavy atom. The van der Waals surface area contributed by atoms with Crippen molar-refractivity contribution in [3.05, 3.63) is 61.0 Å². The molecule has 15 nitrogen and oxygen atoms in total. The maximum atomic E-state index is 12.6. The molecule has 17 heteroatoms. The normalized spacial score (nSPS) is 20.3. The fraction of sp³-hybridized carbons (Fsp3) is 0.419. The minimum absolute atomic E-state index is 0.106. The molecule has 0 bridgehead atoms. The van der Waals surface area contributed by atoms with Gasteiger partial charge in [0.15, 0.2) is 25.0 Å². The van der Waals surface area contributed by atoms with Gasteiger partial charge in [-0.3, -0.25) is 19.0 Å². The smallest absolute Gasteiger partial charge is 0.339 e. The van der Waals surface area contributed by atoms with E-state index in [9.17, 15) is 19.2 Å². The lowest BCUT2D eigenvalue weighted by atomic mass is 9.91. The van der Waals surface area contributed by atoms with Crippen molar-refractivity contribution in [2.45, 2.75) is 65.8 Å². The zero-order chi connectivity index (χ0) is 35.3. The molecule has 0 spiro atoms. The van der Waals surface area contributed by atoms with E-state index >= 15 is 0 Å². The van der Waals surface area contributed by atoms with Crippen LogP contribution >= 0.6 is 31.9 Å². The Morgan fingerprint density at radius 3 is 2.31 bits per heavy atom. The summed E-state index contributed by atoms with van der Waals surface area (Å²) < 4.78 is 42.0. The minimum atomic E-state index is -1.42. The number of rotatable bonds is 11. The van der Waals surface area contributed by atoms with Crippen molar-refractivity contribution in [1.29, 1.82) is 0 Å². The number of aryl methyl sites for hydroxylation is 1. The zero-order valence-corrected chi connectivity index (χ0v) is 29.9. The average Bonchev–Trinajstić information content (AvgIpc) is 3.39. The third-order valence-corrected chi connectivity index (χ3v) is 8.69. The summed E-state index contributed by atoms with van der Waals surface area (Å²) in [5.74, 6) is -1.91. The number of azide groups is 1. The van der Waals surface area contributed by atoms with Crippen LogP contribution in [-0.2, 0) is 39.9 Å². The summed E-state index contributed by atoms with van der Waals surface area (Å²) in [6, 6.07) is 7.00. The molecule has 0 saturated carbocycles. The lowest BCUT2D eigenvalue weighted by molar-refractivity contribution is -0.261. The van der Waals surface area contributed by atoms with Gasteiger partial charge in [0.2, 0.25) is 12.2 Å². The van der Waals surface area contributed by atoms with Crippen LogP contribution in [0.15, 0.2) is 44.5 Å². The number of ether oxygens (including phenoxy) is 7. The van der Waals surface area contributed by atoms with Gasteiger partial charge >= 0.3 is 17.9 Å². The van der Waals surface area contributed by atoms with Gasteiger partial charge in [-0.1, -0.05) is 18.1 Å². The number of aromatic nitrogens is 1. The van der Waals surface area contributed by atoms with Crippen LogP contribution in [0.25, 0.3) is 21.3 Å². The fourth-order valence-electron chi connectivity index (χ4n) is 5.21. The molecule has 2 aromatic carbocycles. The van der Waals surface area contributed by atoms with Gasteiger partial charge in [0, 0.05) is 25.7 Å². The second-order valence-corrected chi connectivity index (χ2v) is 12.4. The number of hydrogen-bond acceptors (Lipinski definition) is 12. The van der Waals surface area contributed by atoms with Crippen molar-refractivity contribution in [2.24, 2.45) is 11.0 Å². The maximum Gasteiger partial charge on any atom is 0.339 e. The van der Waals surface area contributed by atoms with Crippen molar-refractivity contribution in [1.82, 2.24) is 4.57 Å². The van der Waals surface area contributed by atoms with Gasteiger partial charge in [-0.25, -0.2) is 4.79 Å². The van der Waals surface area contributed by atoms with Crippen LogP contribution in [0, 0.1) is 12.8 Å². The molecule has 1 aliphatic rings. The summed E-state index contributed by atoms with van der Waals surface area (Å²) in [7, 11) is 1.16. The summed E-state index contributed by atoms with van der Waals surface area (Å²) in [4.78, 5) is 51.6. The third kappa shape index (κ3) is 8.03. The van der Waals surface area contributed by atoms with Crippen molar-refractivity contribution >= 4 is 66.6 Å². The second-order valence-electron chi connectivity index (χ2n) is 10.7. The molecule has 1 aromatic heterocycles. The molecule has 4 rings (SSSR count). The number of halogens is 2. The zero-order valence-electron chi connectivity index (χ0n) is 26.7. The van der Waals surface area contributed by atoms with Crippen LogP contribution in [0.2, 0.25) is 0 Å². The monoisotopic (exact) mass is 794 g/mol. The molecule has 256 valence electrons. The van der Waals surface area contributed by atoms with E-state index in [4.69, 9.17) is 38.7 Å². The van der Waals surface area contributed by atoms with E-state index in [1.807, 2.05) is 6.07 Å². The first-order chi connectivity index (χ1) is 22.8. The molecule has 0 unspecified atom stereocenters. The third-order valence-electron chi connectivity index (χ3n) is 7.34. The van der Waals surface area contributed by atoms with Crippen LogP contribution in [0.3, 0.4) is 0 Å². The van der Waals surface area contributed by atoms with Crippen LogP contribution in [-0.4, -0.2) is 66.8 Å². The average molecular weight is 796 g/mol. The molecular formula is C31H32Br2N4O11. The van der Waals surface area contributed by atoms with E-state index in [-0.39, 0.29) is 19.2 Å². The summed E-state index contributed by atoms with van der Waals surface area (Å²) in [6.07, 6.45) is -3.24. The highest BCUT2D eigenvalue weighted by atomic mass is 79.9. The van der Waals surface area contributed by atoms with Gasteiger partial charge < -0.3 is 33.2 Å². The quantitative estimate of drug-likeness (QED) is 0.0714. The fourth-order valence-corrected chi connectivity index (χ4v) is 6.73. The predicted octanol–water partition coefficient (Wildman–Crippen LogP) is 6.14. The molecular weight excluding hydrogens is 764 g/mol. The molecule has 0 radical (unpaired) electrons. The van der Waals surface area contributed by atoms with Gasteiger partial charge in [-0.15, -0.1) is 0 Å². The van der Waals surface area contributed by atoms with Crippen LogP contribution in [0.5, 0.6) is 17.2 Å².